The van der Waals surface area contributed by atoms with E-state index in [1.807, 2.05) is 49.1 Å². The summed E-state index contributed by atoms with van der Waals surface area (Å²) in [6.07, 6.45) is 2.40. The zero-order valence-corrected chi connectivity index (χ0v) is 13.4. The Morgan fingerprint density at radius 2 is 2.00 bits per heavy atom. The van der Waals surface area contributed by atoms with Gasteiger partial charge < -0.3 is 15.5 Å². The fourth-order valence-electron chi connectivity index (χ4n) is 2.67. The van der Waals surface area contributed by atoms with E-state index in [9.17, 15) is 9.59 Å². The number of urea groups is 1. The van der Waals surface area contributed by atoms with E-state index in [4.69, 9.17) is 0 Å². The number of hydrogen-bond donors (Lipinski definition) is 2. The number of rotatable bonds is 6. The topological polar surface area (TPSA) is 61.4 Å². The first kappa shape index (κ1) is 16.3. The van der Waals surface area contributed by atoms with Crippen molar-refractivity contribution in [2.45, 2.75) is 38.6 Å². The van der Waals surface area contributed by atoms with Crippen LogP contribution >= 0.6 is 0 Å². The Bertz CT molecular complexity index is 514. The van der Waals surface area contributed by atoms with Crippen molar-refractivity contribution in [1.29, 1.82) is 0 Å². The summed E-state index contributed by atoms with van der Waals surface area (Å²) in [4.78, 5) is 25.3. The van der Waals surface area contributed by atoms with Gasteiger partial charge in [0.25, 0.3) is 0 Å². The monoisotopic (exact) mass is 303 g/mol. The van der Waals surface area contributed by atoms with Gasteiger partial charge in [-0.3, -0.25) is 4.79 Å². The van der Waals surface area contributed by atoms with Gasteiger partial charge in [-0.2, -0.15) is 0 Å². The number of benzene rings is 1. The summed E-state index contributed by atoms with van der Waals surface area (Å²) >= 11 is 0. The molecule has 0 aliphatic carbocycles. The minimum Gasteiger partial charge on any atom is -0.343 e. The third-order valence-corrected chi connectivity index (χ3v) is 3.98. The normalized spacial score (nSPS) is 15.0. The molecular weight excluding hydrogens is 278 g/mol. The van der Waals surface area contributed by atoms with E-state index in [2.05, 4.69) is 10.6 Å². The van der Waals surface area contributed by atoms with Crippen molar-refractivity contribution in [3.8, 4) is 0 Å². The van der Waals surface area contributed by atoms with Crippen molar-refractivity contribution in [2.24, 2.45) is 0 Å². The van der Waals surface area contributed by atoms with Crippen LogP contribution in [0.25, 0.3) is 0 Å². The number of nitrogens with zero attached hydrogens (tertiary/aromatic N) is 1. The molecule has 5 nitrogen and oxygen atoms in total. The van der Waals surface area contributed by atoms with E-state index in [1.165, 1.54) is 0 Å². The Balaban J connectivity index is 1.70. The van der Waals surface area contributed by atoms with Crippen LogP contribution in [0.1, 0.15) is 38.7 Å². The first-order valence-electron chi connectivity index (χ1n) is 7.88. The molecule has 1 saturated heterocycles. The lowest BCUT2D eigenvalue weighted by Gasteiger charge is -2.27. The van der Waals surface area contributed by atoms with Crippen LogP contribution in [0.4, 0.5) is 4.79 Å². The summed E-state index contributed by atoms with van der Waals surface area (Å²) in [7, 11) is 0. The first-order chi connectivity index (χ1) is 10.5. The smallest absolute Gasteiger partial charge is 0.315 e. The molecule has 1 aliphatic heterocycles. The van der Waals surface area contributed by atoms with Crippen LogP contribution in [0.15, 0.2) is 30.3 Å². The van der Waals surface area contributed by atoms with Crippen molar-refractivity contribution >= 4 is 11.9 Å². The van der Waals surface area contributed by atoms with Crippen LogP contribution in [0.3, 0.4) is 0 Å². The Hall–Kier alpha value is -2.04. The lowest BCUT2D eigenvalue weighted by molar-refractivity contribution is -0.127. The predicted molar refractivity (Wildman–Crippen MR) is 86.4 cm³/mol. The van der Waals surface area contributed by atoms with Crippen LogP contribution < -0.4 is 10.6 Å². The molecule has 0 unspecified atom stereocenters. The van der Waals surface area contributed by atoms with E-state index >= 15 is 0 Å². The number of likely N-dealkylation sites (tertiary alicyclic amines) is 1. The maximum Gasteiger partial charge on any atom is 0.315 e. The van der Waals surface area contributed by atoms with Gasteiger partial charge in [-0.05, 0) is 32.3 Å². The minimum atomic E-state index is -0.420. The molecule has 0 radical (unpaired) electrons. The summed E-state index contributed by atoms with van der Waals surface area (Å²) in [5, 5.41) is 5.84. The second-order valence-electron chi connectivity index (χ2n) is 6.21. The maximum absolute atomic E-state index is 12.0. The third-order valence-electron chi connectivity index (χ3n) is 3.98. The highest BCUT2D eigenvalue weighted by Crippen LogP contribution is 2.18. The molecule has 1 heterocycles. The average molecular weight is 303 g/mol. The van der Waals surface area contributed by atoms with Crippen molar-refractivity contribution in [1.82, 2.24) is 15.5 Å². The molecule has 0 atom stereocenters. The van der Waals surface area contributed by atoms with Crippen LogP contribution in [0, 0.1) is 0 Å². The third kappa shape index (κ3) is 4.48. The van der Waals surface area contributed by atoms with Crippen LogP contribution in [-0.4, -0.2) is 36.5 Å². The predicted octanol–water partition coefficient (Wildman–Crippen LogP) is 2.23. The first-order valence-corrected chi connectivity index (χ1v) is 7.88. The van der Waals surface area contributed by atoms with Crippen molar-refractivity contribution in [2.75, 3.05) is 19.6 Å². The Morgan fingerprint density at radius 3 is 2.64 bits per heavy atom. The second kappa shape index (κ2) is 7.29. The van der Waals surface area contributed by atoms with Gasteiger partial charge in [-0.1, -0.05) is 30.3 Å². The van der Waals surface area contributed by atoms with E-state index in [-0.39, 0.29) is 11.9 Å². The molecule has 1 fully saturated rings. The molecule has 2 N–H and O–H groups in total. The fraction of sp³-hybridized carbons (Fsp3) is 0.529. The average Bonchev–Trinajstić information content (AvgIpc) is 2.89. The lowest BCUT2D eigenvalue weighted by Crippen LogP contribution is -2.47. The summed E-state index contributed by atoms with van der Waals surface area (Å²) in [6.45, 7) is 6.10. The molecule has 2 rings (SSSR count). The molecule has 0 saturated carbocycles. The SMILES string of the molecule is CC(C)(NC(=O)NCCCN1CCCC1=O)c1ccccc1. The van der Waals surface area contributed by atoms with Crippen molar-refractivity contribution < 1.29 is 9.59 Å². The highest BCUT2D eigenvalue weighted by Gasteiger charge is 2.22. The lowest BCUT2D eigenvalue weighted by atomic mass is 9.95. The molecule has 3 amide bonds. The Labute approximate surface area is 132 Å². The number of amides is 3. The van der Waals surface area contributed by atoms with Gasteiger partial charge in [0.2, 0.25) is 5.91 Å². The molecule has 1 aromatic rings. The Morgan fingerprint density at radius 1 is 1.27 bits per heavy atom. The number of nitrogens with one attached hydrogen (secondary N) is 2. The molecule has 1 aliphatic rings. The zero-order valence-electron chi connectivity index (χ0n) is 13.4. The van der Waals surface area contributed by atoms with Crippen LogP contribution in [-0.2, 0) is 10.3 Å². The zero-order chi connectivity index (χ0) is 16.0. The molecule has 5 heteroatoms. The summed E-state index contributed by atoms with van der Waals surface area (Å²) in [5.41, 5.74) is 0.642. The highest BCUT2D eigenvalue weighted by atomic mass is 16.2. The van der Waals surface area contributed by atoms with E-state index in [0.29, 0.717) is 13.0 Å². The molecule has 0 aromatic heterocycles. The number of carbonyl (C=O) groups excluding carboxylic acids is 2. The minimum absolute atomic E-state index is 0.179. The highest BCUT2D eigenvalue weighted by molar-refractivity contribution is 5.78. The Kier molecular flexibility index (Phi) is 5.41. The quantitative estimate of drug-likeness (QED) is 0.792. The molecule has 0 bridgehead atoms. The fourth-order valence-corrected chi connectivity index (χ4v) is 2.67. The maximum atomic E-state index is 12.0. The molecule has 120 valence electrons. The number of hydrogen-bond acceptors (Lipinski definition) is 2. The molecule has 0 spiro atoms. The van der Waals surface area contributed by atoms with Crippen LogP contribution in [0.2, 0.25) is 0 Å². The summed E-state index contributed by atoms with van der Waals surface area (Å²) in [6, 6.07) is 9.70. The number of carbonyl (C=O) groups is 2. The molecular formula is C17H25N3O2. The van der Waals surface area contributed by atoms with Gasteiger partial charge in [0.15, 0.2) is 0 Å². The van der Waals surface area contributed by atoms with Gasteiger partial charge >= 0.3 is 6.03 Å². The largest absolute Gasteiger partial charge is 0.343 e. The van der Waals surface area contributed by atoms with E-state index in [1.54, 1.807) is 0 Å². The summed E-state index contributed by atoms with van der Waals surface area (Å²) in [5.74, 6) is 0.231. The van der Waals surface area contributed by atoms with Gasteiger partial charge in [-0.15, -0.1) is 0 Å². The van der Waals surface area contributed by atoms with Gasteiger partial charge in [-0.25, -0.2) is 4.79 Å². The van der Waals surface area contributed by atoms with Crippen molar-refractivity contribution in [3.05, 3.63) is 35.9 Å². The second-order valence-corrected chi connectivity index (χ2v) is 6.21. The molecule has 22 heavy (non-hydrogen) atoms. The van der Waals surface area contributed by atoms with Gasteiger partial charge in [0, 0.05) is 26.1 Å². The van der Waals surface area contributed by atoms with Crippen molar-refractivity contribution in [3.63, 3.8) is 0 Å². The van der Waals surface area contributed by atoms with Gasteiger partial charge in [0.05, 0.1) is 5.54 Å². The van der Waals surface area contributed by atoms with Crippen LogP contribution in [0.5, 0.6) is 0 Å². The van der Waals surface area contributed by atoms with E-state index < -0.39 is 5.54 Å². The summed E-state index contributed by atoms with van der Waals surface area (Å²) < 4.78 is 0. The van der Waals surface area contributed by atoms with E-state index in [0.717, 1.165) is 31.5 Å². The van der Waals surface area contributed by atoms with Gasteiger partial charge in [0.1, 0.15) is 0 Å². The standard InChI is InChI=1S/C17H25N3O2/c1-17(2,14-8-4-3-5-9-14)19-16(22)18-11-7-13-20-12-6-10-15(20)21/h3-5,8-9H,6-7,10-13H2,1-2H3,(H2,18,19,22). The molecule has 1 aromatic carbocycles.